The molecule has 5 heteroatoms. The Morgan fingerprint density at radius 2 is 1.52 bits per heavy atom. The van der Waals surface area contributed by atoms with E-state index in [1.54, 1.807) is 7.11 Å². The summed E-state index contributed by atoms with van der Waals surface area (Å²) in [6.07, 6.45) is -0.189. The molecule has 0 saturated carbocycles. The quantitative estimate of drug-likeness (QED) is 0.413. The zero-order valence-corrected chi connectivity index (χ0v) is 16.6. The fourth-order valence-electron chi connectivity index (χ4n) is 3.32. The second kappa shape index (κ2) is 8.69. The van der Waals surface area contributed by atoms with Gasteiger partial charge >= 0.3 is 0 Å². The summed E-state index contributed by atoms with van der Waals surface area (Å²) in [5.74, 6) is 3.33. The Hall–Kier alpha value is -3.47. The molecule has 0 spiro atoms. The Balaban J connectivity index is 1.52. The largest absolute Gasteiger partial charge is 0.497 e. The second-order valence-electron chi connectivity index (χ2n) is 6.71. The van der Waals surface area contributed by atoms with Crippen LogP contribution in [0.1, 0.15) is 18.9 Å². The highest BCUT2D eigenvalue weighted by molar-refractivity contribution is 5.76. The molecular weight excluding hydrogens is 364 g/mol. The van der Waals surface area contributed by atoms with Crippen molar-refractivity contribution in [3.05, 3.63) is 84.7 Å². The molecule has 0 unspecified atom stereocenters. The number of methoxy groups -OCH3 is 1. The summed E-state index contributed by atoms with van der Waals surface area (Å²) in [4.78, 5) is 4.82. The van der Waals surface area contributed by atoms with E-state index in [1.165, 1.54) is 0 Å². The van der Waals surface area contributed by atoms with E-state index in [4.69, 9.17) is 19.2 Å². The molecule has 0 aliphatic heterocycles. The van der Waals surface area contributed by atoms with E-state index >= 15 is 0 Å². The first-order valence-electron chi connectivity index (χ1n) is 9.68. The van der Waals surface area contributed by atoms with E-state index in [2.05, 4.69) is 10.6 Å². The van der Waals surface area contributed by atoms with Crippen LogP contribution >= 0.6 is 0 Å². The zero-order valence-electron chi connectivity index (χ0n) is 16.6. The normalized spacial score (nSPS) is 11.9. The van der Waals surface area contributed by atoms with E-state index in [-0.39, 0.29) is 6.10 Å². The molecule has 29 heavy (non-hydrogen) atoms. The topological polar surface area (TPSA) is 45.5 Å². The fourth-order valence-corrected chi connectivity index (χ4v) is 3.32. The maximum atomic E-state index is 6.12. The molecule has 0 bridgehead atoms. The minimum atomic E-state index is -0.189. The molecule has 3 aromatic carbocycles. The number of para-hydroxylation sites is 3. The number of aromatic nitrogens is 2. The summed E-state index contributed by atoms with van der Waals surface area (Å²) in [5, 5.41) is 0. The van der Waals surface area contributed by atoms with Crippen molar-refractivity contribution in [2.24, 2.45) is 0 Å². The van der Waals surface area contributed by atoms with Gasteiger partial charge in [0.1, 0.15) is 23.9 Å². The van der Waals surface area contributed by atoms with Crippen molar-refractivity contribution in [1.29, 1.82) is 0 Å². The van der Waals surface area contributed by atoms with E-state index in [9.17, 15) is 0 Å². The van der Waals surface area contributed by atoms with Gasteiger partial charge in [-0.3, -0.25) is 0 Å². The molecule has 1 aromatic heterocycles. The predicted octanol–water partition coefficient (Wildman–Crippen LogP) is 5.26. The first-order valence-corrected chi connectivity index (χ1v) is 9.68. The van der Waals surface area contributed by atoms with Crippen molar-refractivity contribution in [3.63, 3.8) is 0 Å². The lowest BCUT2D eigenvalue weighted by Gasteiger charge is -2.17. The summed E-state index contributed by atoms with van der Waals surface area (Å²) >= 11 is 0. The number of imidazole rings is 1. The number of ether oxygens (including phenoxy) is 3. The van der Waals surface area contributed by atoms with Crippen LogP contribution in [0.15, 0.2) is 78.9 Å². The van der Waals surface area contributed by atoms with Gasteiger partial charge in [0.2, 0.25) is 0 Å². The number of hydrogen-bond acceptors (Lipinski definition) is 4. The van der Waals surface area contributed by atoms with Gasteiger partial charge in [-0.25, -0.2) is 4.98 Å². The third-order valence-corrected chi connectivity index (χ3v) is 4.75. The molecule has 0 amide bonds. The van der Waals surface area contributed by atoms with Crippen LogP contribution in [0.25, 0.3) is 11.0 Å². The standard InChI is InChI=1S/C24H24N2O3/c1-18(29-21-8-4-3-5-9-21)24-25-22-10-6-7-11-23(22)26(24)16-17-28-20-14-12-19(27-2)13-15-20/h3-15,18H,16-17H2,1-2H3/t18-/m1/s1. The number of benzene rings is 3. The van der Waals surface area contributed by atoms with Crippen LogP contribution in [0.2, 0.25) is 0 Å². The van der Waals surface area contributed by atoms with Crippen molar-refractivity contribution < 1.29 is 14.2 Å². The number of nitrogens with zero attached hydrogens (tertiary/aromatic N) is 2. The molecule has 0 radical (unpaired) electrons. The highest BCUT2D eigenvalue weighted by Gasteiger charge is 2.18. The van der Waals surface area contributed by atoms with Crippen LogP contribution in [0.4, 0.5) is 0 Å². The zero-order chi connectivity index (χ0) is 20.1. The van der Waals surface area contributed by atoms with E-state index in [1.807, 2.05) is 79.7 Å². The highest BCUT2D eigenvalue weighted by Crippen LogP contribution is 2.25. The third kappa shape index (κ3) is 4.35. The maximum absolute atomic E-state index is 6.12. The molecule has 0 fully saturated rings. The Labute approximate surface area is 170 Å². The summed E-state index contributed by atoms with van der Waals surface area (Å²) < 4.78 is 19.4. The lowest BCUT2D eigenvalue weighted by Crippen LogP contribution is -2.15. The van der Waals surface area contributed by atoms with Gasteiger partial charge in [0.05, 0.1) is 24.7 Å². The smallest absolute Gasteiger partial charge is 0.153 e. The highest BCUT2D eigenvalue weighted by atomic mass is 16.5. The lowest BCUT2D eigenvalue weighted by molar-refractivity contribution is 0.207. The second-order valence-corrected chi connectivity index (χ2v) is 6.71. The molecule has 0 aliphatic carbocycles. The summed E-state index contributed by atoms with van der Waals surface area (Å²) in [6.45, 7) is 3.22. The van der Waals surface area contributed by atoms with Gasteiger partial charge in [-0.15, -0.1) is 0 Å². The molecule has 1 atom stereocenters. The third-order valence-electron chi connectivity index (χ3n) is 4.75. The van der Waals surface area contributed by atoms with Crippen LogP contribution in [-0.2, 0) is 6.54 Å². The van der Waals surface area contributed by atoms with Crippen LogP contribution in [0.3, 0.4) is 0 Å². The van der Waals surface area contributed by atoms with E-state index < -0.39 is 0 Å². The van der Waals surface area contributed by atoms with Crippen molar-refractivity contribution >= 4 is 11.0 Å². The van der Waals surface area contributed by atoms with Crippen LogP contribution in [0, 0.1) is 0 Å². The Morgan fingerprint density at radius 3 is 2.28 bits per heavy atom. The van der Waals surface area contributed by atoms with Crippen LogP contribution in [0.5, 0.6) is 17.2 Å². The molecule has 1 heterocycles. The number of hydrogen-bond donors (Lipinski definition) is 0. The van der Waals surface area contributed by atoms with Gasteiger partial charge in [0.15, 0.2) is 11.9 Å². The van der Waals surface area contributed by atoms with Crippen molar-refractivity contribution in [2.45, 2.75) is 19.6 Å². The Morgan fingerprint density at radius 1 is 0.828 bits per heavy atom. The molecule has 148 valence electrons. The molecule has 5 nitrogen and oxygen atoms in total. The minimum Gasteiger partial charge on any atom is -0.497 e. The first kappa shape index (κ1) is 18.9. The first-order chi connectivity index (χ1) is 14.2. The SMILES string of the molecule is COc1ccc(OCCn2c([C@@H](C)Oc3ccccc3)nc3ccccc32)cc1. The van der Waals surface area contributed by atoms with Crippen molar-refractivity contribution in [3.8, 4) is 17.2 Å². The Bertz CT molecular complexity index is 1060. The van der Waals surface area contributed by atoms with E-state index in [0.717, 1.165) is 34.1 Å². The van der Waals surface area contributed by atoms with E-state index in [0.29, 0.717) is 13.2 Å². The lowest BCUT2D eigenvalue weighted by atomic mass is 10.3. The fraction of sp³-hybridized carbons (Fsp3) is 0.208. The van der Waals surface area contributed by atoms with Gasteiger partial charge in [-0.2, -0.15) is 0 Å². The summed E-state index contributed by atoms with van der Waals surface area (Å²) in [7, 11) is 1.65. The number of rotatable bonds is 8. The molecule has 0 N–H and O–H groups in total. The monoisotopic (exact) mass is 388 g/mol. The maximum Gasteiger partial charge on any atom is 0.153 e. The van der Waals surface area contributed by atoms with Crippen LogP contribution in [-0.4, -0.2) is 23.3 Å². The molecule has 0 aliphatic rings. The summed E-state index contributed by atoms with van der Waals surface area (Å²) in [6, 6.07) is 25.5. The molecule has 4 rings (SSSR count). The van der Waals surface area contributed by atoms with Gasteiger partial charge in [0, 0.05) is 0 Å². The molecule has 0 saturated heterocycles. The van der Waals surface area contributed by atoms with Gasteiger partial charge < -0.3 is 18.8 Å². The Kier molecular flexibility index (Phi) is 5.66. The summed E-state index contributed by atoms with van der Waals surface area (Å²) in [5.41, 5.74) is 2.03. The van der Waals surface area contributed by atoms with Gasteiger partial charge in [0.25, 0.3) is 0 Å². The predicted molar refractivity (Wildman–Crippen MR) is 114 cm³/mol. The molecule has 4 aromatic rings. The van der Waals surface area contributed by atoms with Crippen molar-refractivity contribution in [1.82, 2.24) is 9.55 Å². The van der Waals surface area contributed by atoms with Crippen molar-refractivity contribution in [2.75, 3.05) is 13.7 Å². The molecular formula is C24H24N2O3. The van der Waals surface area contributed by atoms with Crippen LogP contribution < -0.4 is 14.2 Å². The van der Waals surface area contributed by atoms with Gasteiger partial charge in [-0.05, 0) is 55.5 Å². The van der Waals surface area contributed by atoms with Gasteiger partial charge in [-0.1, -0.05) is 30.3 Å². The average Bonchev–Trinajstić information content (AvgIpc) is 3.14. The minimum absolute atomic E-state index is 0.189. The average molecular weight is 388 g/mol. The number of fused-ring (bicyclic) bond motifs is 1.